The first-order valence-corrected chi connectivity index (χ1v) is 8.38. The molecular formula is C19H16FN5. The number of aryl methyl sites for hydroxylation is 1. The third-order valence-electron chi connectivity index (χ3n) is 4.95. The van der Waals surface area contributed by atoms with Crippen molar-refractivity contribution in [1.82, 2.24) is 19.6 Å². The summed E-state index contributed by atoms with van der Waals surface area (Å²) in [6.07, 6.45) is 3.61. The van der Waals surface area contributed by atoms with Gasteiger partial charge in [0.25, 0.3) is 5.78 Å². The lowest BCUT2D eigenvalue weighted by Crippen LogP contribution is -2.26. The van der Waals surface area contributed by atoms with Gasteiger partial charge in [0, 0.05) is 12.2 Å². The molecule has 3 heterocycles. The number of hydrogen-bond acceptors (Lipinski definition) is 4. The van der Waals surface area contributed by atoms with Crippen LogP contribution in [0.4, 0.5) is 15.9 Å². The second-order valence-corrected chi connectivity index (χ2v) is 6.40. The van der Waals surface area contributed by atoms with E-state index < -0.39 is 0 Å². The van der Waals surface area contributed by atoms with Crippen LogP contribution in [0, 0.1) is 12.7 Å². The van der Waals surface area contributed by atoms with Gasteiger partial charge in [0.2, 0.25) is 0 Å². The van der Waals surface area contributed by atoms with Crippen LogP contribution in [0.2, 0.25) is 0 Å². The molecule has 0 saturated heterocycles. The Balaban J connectivity index is 1.86. The second kappa shape index (κ2) is 5.24. The van der Waals surface area contributed by atoms with Crippen LogP contribution in [0.5, 0.6) is 0 Å². The van der Waals surface area contributed by atoms with Crippen molar-refractivity contribution in [2.24, 2.45) is 0 Å². The molecule has 0 saturated carbocycles. The van der Waals surface area contributed by atoms with Crippen LogP contribution in [0.25, 0.3) is 16.7 Å². The van der Waals surface area contributed by atoms with Gasteiger partial charge in [0.1, 0.15) is 18.0 Å². The quantitative estimate of drug-likeness (QED) is 0.531. The van der Waals surface area contributed by atoms with E-state index in [9.17, 15) is 4.39 Å². The first kappa shape index (κ1) is 14.3. The van der Waals surface area contributed by atoms with Crippen molar-refractivity contribution in [2.75, 3.05) is 11.4 Å². The van der Waals surface area contributed by atoms with Crippen LogP contribution < -0.4 is 4.90 Å². The molecule has 0 N–H and O–H groups in total. The zero-order valence-electron chi connectivity index (χ0n) is 13.8. The van der Waals surface area contributed by atoms with E-state index in [-0.39, 0.29) is 5.82 Å². The van der Waals surface area contributed by atoms with Gasteiger partial charge in [0.15, 0.2) is 0 Å². The fourth-order valence-electron chi connectivity index (χ4n) is 3.78. The number of aromatic nitrogens is 4. The van der Waals surface area contributed by atoms with Crippen LogP contribution in [-0.2, 0) is 6.42 Å². The summed E-state index contributed by atoms with van der Waals surface area (Å²) >= 11 is 0. The Labute approximate surface area is 143 Å². The molecule has 0 unspecified atom stereocenters. The first-order chi connectivity index (χ1) is 12.2. The van der Waals surface area contributed by atoms with Gasteiger partial charge in [-0.2, -0.15) is 4.98 Å². The molecule has 1 aliphatic rings. The topological polar surface area (TPSA) is 46.3 Å². The molecule has 6 heteroatoms. The van der Waals surface area contributed by atoms with Gasteiger partial charge in [-0.25, -0.2) is 4.39 Å². The molecule has 25 heavy (non-hydrogen) atoms. The summed E-state index contributed by atoms with van der Waals surface area (Å²) in [5.74, 6) is 0.809. The van der Waals surface area contributed by atoms with E-state index in [2.05, 4.69) is 39.1 Å². The van der Waals surface area contributed by atoms with Gasteiger partial charge in [0.05, 0.1) is 10.9 Å². The van der Waals surface area contributed by atoms with Crippen LogP contribution >= 0.6 is 0 Å². The molecule has 5 nitrogen and oxygen atoms in total. The number of benzene rings is 2. The normalized spacial score (nSPS) is 14.2. The molecule has 0 radical (unpaired) electrons. The third-order valence-corrected chi connectivity index (χ3v) is 4.95. The molecular weight excluding hydrogens is 317 g/mol. The Morgan fingerprint density at radius 1 is 1.12 bits per heavy atom. The smallest absolute Gasteiger partial charge is 0.257 e. The average Bonchev–Trinajstić information content (AvgIpc) is 3.10. The Kier molecular flexibility index (Phi) is 3.00. The maximum atomic E-state index is 14.8. The zero-order chi connectivity index (χ0) is 17.0. The number of nitrogens with zero attached hydrogens (tertiary/aromatic N) is 5. The average molecular weight is 333 g/mol. The standard InChI is InChI=1S/C19H16FN5/c1-12-5-2-8-15-13(12)6-4-10-24(15)18-17-14(20)7-3-9-16(17)25-11-21-23-19(25)22-18/h2-3,5,7-9,11H,4,6,10H2,1H3. The number of halogens is 1. The van der Waals surface area contributed by atoms with Crippen LogP contribution in [0.3, 0.4) is 0 Å². The largest absolute Gasteiger partial charge is 0.325 e. The number of rotatable bonds is 1. The van der Waals surface area contributed by atoms with Gasteiger partial charge in [-0.15, -0.1) is 10.2 Å². The molecule has 2 aromatic heterocycles. The van der Waals surface area contributed by atoms with E-state index in [1.54, 1.807) is 16.8 Å². The van der Waals surface area contributed by atoms with Gasteiger partial charge in [-0.05, 0) is 49.1 Å². The van der Waals surface area contributed by atoms with E-state index in [4.69, 9.17) is 0 Å². The van der Waals surface area contributed by atoms with E-state index in [0.29, 0.717) is 17.0 Å². The Morgan fingerprint density at radius 3 is 2.92 bits per heavy atom. The van der Waals surface area contributed by atoms with Crippen LogP contribution in [0.1, 0.15) is 17.5 Å². The number of fused-ring (bicyclic) bond motifs is 4. The highest BCUT2D eigenvalue weighted by Gasteiger charge is 2.24. The summed E-state index contributed by atoms with van der Waals surface area (Å²) in [7, 11) is 0. The summed E-state index contributed by atoms with van der Waals surface area (Å²) in [6.45, 7) is 2.92. The predicted octanol–water partition coefficient (Wildman–Crippen LogP) is 3.81. The lowest BCUT2D eigenvalue weighted by Gasteiger charge is -2.32. The third kappa shape index (κ3) is 2.03. The summed E-state index contributed by atoms with van der Waals surface area (Å²) in [6, 6.07) is 11.3. The Bertz CT molecular complexity index is 1120. The van der Waals surface area contributed by atoms with Crippen molar-refractivity contribution in [1.29, 1.82) is 0 Å². The Morgan fingerprint density at radius 2 is 2.00 bits per heavy atom. The summed E-state index contributed by atoms with van der Waals surface area (Å²) in [4.78, 5) is 6.77. The van der Waals surface area contributed by atoms with Crippen molar-refractivity contribution in [2.45, 2.75) is 19.8 Å². The highest BCUT2D eigenvalue weighted by atomic mass is 19.1. The van der Waals surface area contributed by atoms with E-state index >= 15 is 0 Å². The lowest BCUT2D eigenvalue weighted by molar-refractivity contribution is 0.638. The zero-order valence-corrected chi connectivity index (χ0v) is 13.8. The number of hydrogen-bond donors (Lipinski definition) is 0. The first-order valence-electron chi connectivity index (χ1n) is 8.38. The van der Waals surface area contributed by atoms with Crippen molar-refractivity contribution >= 4 is 28.2 Å². The fraction of sp³-hybridized carbons (Fsp3) is 0.211. The monoisotopic (exact) mass is 333 g/mol. The van der Waals surface area contributed by atoms with E-state index in [0.717, 1.165) is 30.6 Å². The molecule has 0 fully saturated rings. The highest BCUT2D eigenvalue weighted by molar-refractivity contribution is 5.94. The van der Waals surface area contributed by atoms with Crippen molar-refractivity contribution in [3.05, 3.63) is 59.7 Å². The van der Waals surface area contributed by atoms with Gasteiger partial charge in [-0.3, -0.25) is 4.40 Å². The maximum absolute atomic E-state index is 14.8. The van der Waals surface area contributed by atoms with Gasteiger partial charge < -0.3 is 4.90 Å². The molecule has 1 aliphatic heterocycles. The summed E-state index contributed by atoms with van der Waals surface area (Å²) < 4.78 is 16.5. The minimum atomic E-state index is -0.282. The van der Waals surface area contributed by atoms with Gasteiger partial charge in [-0.1, -0.05) is 18.2 Å². The van der Waals surface area contributed by atoms with Crippen molar-refractivity contribution < 1.29 is 4.39 Å². The molecule has 2 aromatic carbocycles. The van der Waals surface area contributed by atoms with Crippen molar-refractivity contribution in [3.8, 4) is 0 Å². The summed E-state index contributed by atoms with van der Waals surface area (Å²) in [5, 5.41) is 8.52. The summed E-state index contributed by atoms with van der Waals surface area (Å²) in [5.41, 5.74) is 4.40. The number of anilines is 2. The second-order valence-electron chi connectivity index (χ2n) is 6.40. The molecule has 0 amide bonds. The molecule has 124 valence electrons. The molecule has 0 bridgehead atoms. The molecule has 0 aliphatic carbocycles. The Hall–Kier alpha value is -3.02. The lowest BCUT2D eigenvalue weighted by atomic mass is 9.97. The van der Waals surface area contributed by atoms with Crippen LogP contribution in [-0.4, -0.2) is 26.1 Å². The molecule has 0 atom stereocenters. The predicted molar refractivity (Wildman–Crippen MR) is 94.8 cm³/mol. The maximum Gasteiger partial charge on any atom is 0.257 e. The highest BCUT2D eigenvalue weighted by Crippen LogP contribution is 2.38. The van der Waals surface area contributed by atoms with Gasteiger partial charge >= 0.3 is 0 Å². The van der Waals surface area contributed by atoms with Crippen LogP contribution in [0.15, 0.2) is 42.7 Å². The minimum absolute atomic E-state index is 0.282. The molecule has 4 aromatic rings. The minimum Gasteiger partial charge on any atom is -0.325 e. The van der Waals surface area contributed by atoms with E-state index in [1.165, 1.54) is 17.2 Å². The molecule has 0 spiro atoms. The van der Waals surface area contributed by atoms with Crippen molar-refractivity contribution in [3.63, 3.8) is 0 Å². The fourth-order valence-corrected chi connectivity index (χ4v) is 3.78. The van der Waals surface area contributed by atoms with E-state index in [1.807, 2.05) is 12.1 Å². The SMILES string of the molecule is Cc1cccc2c1CCCN2c1nc2nncn2c2cccc(F)c12. The molecule has 5 rings (SSSR count).